The van der Waals surface area contributed by atoms with E-state index in [1.54, 1.807) is 11.5 Å². The van der Waals surface area contributed by atoms with Gasteiger partial charge in [0.1, 0.15) is 17.7 Å². The first-order valence-electron chi connectivity index (χ1n) is 13.1. The van der Waals surface area contributed by atoms with Crippen LogP contribution < -0.4 is 10.9 Å². The highest BCUT2D eigenvalue weighted by molar-refractivity contribution is 5.94. The fourth-order valence-corrected chi connectivity index (χ4v) is 6.16. The van der Waals surface area contributed by atoms with Crippen molar-refractivity contribution < 1.29 is 23.8 Å². The van der Waals surface area contributed by atoms with Crippen LogP contribution in [0.15, 0.2) is 16.9 Å². The summed E-state index contributed by atoms with van der Waals surface area (Å²) in [6, 6.07) is 2.84. The Labute approximate surface area is 218 Å². The number of hydrogen-bond donors (Lipinski definition) is 2. The van der Waals surface area contributed by atoms with E-state index in [1.807, 2.05) is 13.0 Å². The number of benzene rings is 1. The van der Waals surface area contributed by atoms with Gasteiger partial charge in [0.15, 0.2) is 0 Å². The Morgan fingerprint density at radius 3 is 2.79 bits per heavy atom. The van der Waals surface area contributed by atoms with E-state index >= 15 is 0 Å². The van der Waals surface area contributed by atoms with Crippen LogP contribution in [0.4, 0.5) is 4.39 Å². The molecule has 2 N–H and O–H groups in total. The number of methoxy groups -OCH3 is 1. The molecule has 3 aromatic rings. The van der Waals surface area contributed by atoms with Crippen LogP contribution in [0.1, 0.15) is 77.9 Å². The third-order valence-electron chi connectivity index (χ3n) is 8.51. The number of pyridine rings is 2. The number of ether oxygens (including phenoxy) is 1. The summed E-state index contributed by atoms with van der Waals surface area (Å²) in [6.45, 7) is 3.95. The average Bonchev–Trinajstić information content (AvgIpc) is 3.56. The van der Waals surface area contributed by atoms with E-state index in [0.717, 1.165) is 28.4 Å². The van der Waals surface area contributed by atoms with E-state index < -0.39 is 23.5 Å². The summed E-state index contributed by atoms with van der Waals surface area (Å²) in [5.74, 6) is -1.23. The predicted octanol–water partition coefficient (Wildman–Crippen LogP) is 3.34. The zero-order valence-corrected chi connectivity index (χ0v) is 21.7. The number of nitrogens with one attached hydrogen (secondary N) is 1. The number of aryl methyl sites for hydroxylation is 1. The van der Waals surface area contributed by atoms with Crippen LogP contribution in [0, 0.1) is 12.7 Å². The molecule has 2 atom stereocenters. The van der Waals surface area contributed by atoms with Gasteiger partial charge >= 0.3 is 0 Å². The first-order chi connectivity index (χ1) is 18.2. The lowest BCUT2D eigenvalue weighted by molar-refractivity contribution is -0.132. The summed E-state index contributed by atoms with van der Waals surface area (Å²) in [6.07, 6.45) is 3.33. The number of hydrogen-bond acceptors (Lipinski definition) is 6. The monoisotopic (exact) mass is 519 g/mol. The smallest absolute Gasteiger partial charge is 0.257 e. The molecule has 0 spiro atoms. The Morgan fingerprint density at radius 2 is 2.13 bits per heavy atom. The molecule has 2 aliphatic carbocycles. The van der Waals surface area contributed by atoms with Crippen LogP contribution in [0.3, 0.4) is 0 Å². The third-order valence-corrected chi connectivity index (χ3v) is 8.51. The lowest BCUT2D eigenvalue weighted by Crippen LogP contribution is -2.40. The number of nitrogens with zero attached hydrogens (tertiary/aromatic N) is 2. The molecular formula is C29H30FN3O5. The van der Waals surface area contributed by atoms with E-state index in [4.69, 9.17) is 9.72 Å². The molecule has 6 rings (SSSR count). The minimum absolute atomic E-state index is 0.0726. The molecule has 8 nitrogen and oxygen atoms in total. The van der Waals surface area contributed by atoms with Crippen LogP contribution >= 0.6 is 0 Å². The number of rotatable bonds is 7. The van der Waals surface area contributed by atoms with E-state index in [9.17, 15) is 23.9 Å². The van der Waals surface area contributed by atoms with Crippen LogP contribution in [0.2, 0.25) is 0 Å². The van der Waals surface area contributed by atoms with Gasteiger partial charge < -0.3 is 24.5 Å². The highest BCUT2D eigenvalue weighted by Crippen LogP contribution is 2.46. The van der Waals surface area contributed by atoms with Crippen molar-refractivity contribution in [3.8, 4) is 11.4 Å². The molecule has 38 heavy (non-hydrogen) atoms. The maximum absolute atomic E-state index is 15.0. The molecule has 2 unspecified atom stereocenters. The Kier molecular flexibility index (Phi) is 5.77. The summed E-state index contributed by atoms with van der Waals surface area (Å²) in [4.78, 5) is 43.4. The van der Waals surface area contributed by atoms with Crippen molar-refractivity contribution in [2.75, 3.05) is 7.11 Å². The second kappa shape index (κ2) is 8.81. The van der Waals surface area contributed by atoms with Crippen molar-refractivity contribution >= 4 is 23.1 Å². The van der Waals surface area contributed by atoms with Crippen molar-refractivity contribution in [3.63, 3.8) is 0 Å². The second-order valence-corrected chi connectivity index (χ2v) is 10.7. The third kappa shape index (κ3) is 3.55. The number of aldehydes is 1. The largest absolute Gasteiger partial charge is 0.380 e. The van der Waals surface area contributed by atoms with Crippen LogP contribution in [0.5, 0.6) is 0 Å². The number of carbonyl (C=O) groups is 2. The molecule has 2 aromatic heterocycles. The molecular weight excluding hydrogens is 489 g/mol. The molecule has 0 saturated heterocycles. The molecule has 1 aromatic carbocycles. The average molecular weight is 520 g/mol. The maximum atomic E-state index is 15.0. The number of halogens is 1. The number of amides is 1. The van der Waals surface area contributed by atoms with Crippen LogP contribution in [-0.4, -0.2) is 39.6 Å². The SMILES string of the molecule is CCC(C=O)c1cc2n(c(=O)c1COC)Cc1c-2nc2cc(F)c(C)c3c2c1C(NC(=O)C1(O)CC1)CC3. The van der Waals surface area contributed by atoms with Gasteiger partial charge in [-0.15, -0.1) is 0 Å². The molecule has 0 bridgehead atoms. The molecule has 1 aliphatic heterocycles. The second-order valence-electron chi connectivity index (χ2n) is 10.7. The molecule has 3 aliphatic rings. The standard InChI is InChI=1S/C29H30FN3O5/c1-4-15(12-34)17-9-23-26-18(11-33(23)27(35)19(17)13-38-3)25-21(32-28(36)29(37)7-8-29)6-5-16-14(2)20(30)10-22(31-26)24(16)25/h9-10,12,15,21,37H,4-8,11,13H2,1-3H3,(H,32,36). The van der Waals surface area contributed by atoms with Gasteiger partial charge in [-0.1, -0.05) is 6.92 Å². The molecule has 0 radical (unpaired) electrons. The molecule has 1 amide bonds. The summed E-state index contributed by atoms with van der Waals surface area (Å²) in [5.41, 5.74) is 4.09. The molecule has 3 heterocycles. The fourth-order valence-electron chi connectivity index (χ4n) is 6.16. The Bertz CT molecular complexity index is 1590. The van der Waals surface area contributed by atoms with Gasteiger partial charge in [0.25, 0.3) is 11.5 Å². The predicted molar refractivity (Wildman–Crippen MR) is 138 cm³/mol. The van der Waals surface area contributed by atoms with Crippen molar-refractivity contribution in [2.24, 2.45) is 0 Å². The first-order valence-corrected chi connectivity index (χ1v) is 13.1. The number of aromatic nitrogens is 2. The lowest BCUT2D eigenvalue weighted by Gasteiger charge is -2.30. The van der Waals surface area contributed by atoms with Gasteiger partial charge in [-0.25, -0.2) is 9.37 Å². The molecule has 198 valence electrons. The first kappa shape index (κ1) is 24.9. The number of carbonyl (C=O) groups excluding carboxylic acids is 2. The van der Waals surface area contributed by atoms with Crippen molar-refractivity contribution in [2.45, 2.75) is 76.7 Å². The maximum Gasteiger partial charge on any atom is 0.257 e. The van der Waals surface area contributed by atoms with E-state index in [-0.39, 0.29) is 24.5 Å². The van der Waals surface area contributed by atoms with Gasteiger partial charge in [-0.3, -0.25) is 9.59 Å². The van der Waals surface area contributed by atoms with Crippen molar-refractivity contribution in [1.82, 2.24) is 14.9 Å². The lowest BCUT2D eigenvalue weighted by atomic mass is 9.81. The molecule has 1 saturated carbocycles. The topological polar surface area (TPSA) is 111 Å². The Morgan fingerprint density at radius 1 is 1.37 bits per heavy atom. The van der Waals surface area contributed by atoms with Crippen molar-refractivity contribution in [3.05, 3.63) is 61.7 Å². The van der Waals surface area contributed by atoms with Gasteiger partial charge in [0, 0.05) is 35.6 Å². The zero-order chi connectivity index (χ0) is 26.9. The normalized spacial score (nSPS) is 19.1. The summed E-state index contributed by atoms with van der Waals surface area (Å²) < 4.78 is 21.9. The van der Waals surface area contributed by atoms with Crippen LogP contribution in [0.25, 0.3) is 22.3 Å². The minimum Gasteiger partial charge on any atom is -0.380 e. The summed E-state index contributed by atoms with van der Waals surface area (Å²) in [5, 5.41) is 14.3. The quantitative estimate of drug-likeness (QED) is 0.363. The Hall–Kier alpha value is -3.43. The highest BCUT2D eigenvalue weighted by atomic mass is 19.1. The van der Waals surface area contributed by atoms with Crippen molar-refractivity contribution in [1.29, 1.82) is 0 Å². The van der Waals surface area contributed by atoms with Gasteiger partial charge in [-0.2, -0.15) is 0 Å². The van der Waals surface area contributed by atoms with Gasteiger partial charge in [-0.05, 0) is 67.3 Å². The summed E-state index contributed by atoms with van der Waals surface area (Å²) >= 11 is 0. The van der Waals surface area contributed by atoms with Crippen LogP contribution in [-0.2, 0) is 33.9 Å². The molecule has 9 heteroatoms. The van der Waals surface area contributed by atoms with Gasteiger partial charge in [0.2, 0.25) is 0 Å². The highest BCUT2D eigenvalue weighted by Gasteiger charge is 2.49. The Balaban J connectivity index is 1.61. The number of fused-ring (bicyclic) bond motifs is 4. The van der Waals surface area contributed by atoms with Gasteiger partial charge in [0.05, 0.1) is 36.1 Å². The summed E-state index contributed by atoms with van der Waals surface area (Å²) in [7, 11) is 1.51. The minimum atomic E-state index is -1.33. The molecule has 1 fully saturated rings. The van der Waals surface area contributed by atoms with E-state index in [2.05, 4.69) is 5.32 Å². The zero-order valence-electron chi connectivity index (χ0n) is 21.7. The van der Waals surface area contributed by atoms with E-state index in [0.29, 0.717) is 65.7 Å². The fraction of sp³-hybridized carbons (Fsp3) is 0.448. The van der Waals surface area contributed by atoms with E-state index in [1.165, 1.54) is 13.2 Å². The number of aliphatic hydroxyl groups is 1.